The molecule has 1 aromatic carbocycles. The van der Waals surface area contributed by atoms with Gasteiger partial charge in [-0.1, -0.05) is 25.1 Å². The van der Waals surface area contributed by atoms with Crippen molar-refractivity contribution in [2.75, 3.05) is 0 Å². The number of alkyl halides is 14. The van der Waals surface area contributed by atoms with E-state index in [-0.39, 0.29) is 18.2 Å². The van der Waals surface area contributed by atoms with Crippen LogP contribution >= 0.6 is 0 Å². The molecule has 0 spiro atoms. The third kappa shape index (κ3) is 3.86. The Bertz CT molecular complexity index is 669. The Hall–Kier alpha value is -1.76. The Kier molecular flexibility index (Phi) is 6.26. The molecular formula is C15H9F14. The number of hydrogen-bond donors (Lipinski definition) is 0. The summed E-state index contributed by atoms with van der Waals surface area (Å²) in [7, 11) is 0. The SMILES string of the molecule is [CH2]CCc1c(C(F)(F)C(F)(F)C(F)(F)F)cccc1C(F)(F)C(F)(F)C(F)(F)F. The quantitative estimate of drug-likeness (QED) is 0.404. The molecule has 0 aliphatic rings. The van der Waals surface area contributed by atoms with Crippen LogP contribution in [-0.2, 0) is 18.3 Å². The molecule has 0 saturated carbocycles. The second-order valence-electron chi connectivity index (χ2n) is 5.73. The molecule has 0 aliphatic heterocycles. The molecule has 0 heterocycles. The monoisotopic (exact) mass is 455 g/mol. The fraction of sp³-hybridized carbons (Fsp3) is 0.533. The molecule has 0 unspecified atom stereocenters. The van der Waals surface area contributed by atoms with Gasteiger partial charge >= 0.3 is 36.0 Å². The Labute approximate surface area is 153 Å². The third-order valence-electron chi connectivity index (χ3n) is 3.78. The molecule has 14 heteroatoms. The Morgan fingerprint density at radius 3 is 1.14 bits per heavy atom. The zero-order chi connectivity index (χ0) is 23.3. The van der Waals surface area contributed by atoms with E-state index in [1.165, 1.54) is 0 Å². The van der Waals surface area contributed by atoms with Crippen LogP contribution < -0.4 is 0 Å². The smallest absolute Gasteiger partial charge is 0.194 e. The molecule has 0 atom stereocenters. The van der Waals surface area contributed by atoms with Crippen LogP contribution in [0.1, 0.15) is 23.1 Å². The average Bonchev–Trinajstić information content (AvgIpc) is 2.52. The van der Waals surface area contributed by atoms with E-state index in [9.17, 15) is 61.5 Å². The van der Waals surface area contributed by atoms with Crippen LogP contribution in [0.15, 0.2) is 18.2 Å². The van der Waals surface area contributed by atoms with Gasteiger partial charge in [0.25, 0.3) is 0 Å². The van der Waals surface area contributed by atoms with Gasteiger partial charge in [-0.25, -0.2) is 0 Å². The van der Waals surface area contributed by atoms with Crippen LogP contribution in [0.25, 0.3) is 0 Å². The summed E-state index contributed by atoms with van der Waals surface area (Å²) in [5.74, 6) is -26.2. The van der Waals surface area contributed by atoms with Gasteiger partial charge in [-0.2, -0.15) is 61.5 Å². The summed E-state index contributed by atoms with van der Waals surface area (Å²) in [6.45, 7) is 2.94. The van der Waals surface area contributed by atoms with E-state index >= 15 is 0 Å². The Morgan fingerprint density at radius 1 is 0.586 bits per heavy atom. The lowest BCUT2D eigenvalue weighted by molar-refractivity contribution is -0.361. The minimum absolute atomic E-state index is 0.0576. The lowest BCUT2D eigenvalue weighted by Gasteiger charge is -2.33. The van der Waals surface area contributed by atoms with E-state index in [1.54, 1.807) is 0 Å². The Balaban J connectivity index is 3.87. The second kappa shape index (κ2) is 7.18. The van der Waals surface area contributed by atoms with Crippen molar-refractivity contribution in [2.24, 2.45) is 0 Å². The minimum atomic E-state index is -6.90. The normalized spacial score (nSPS) is 15.0. The molecule has 0 aliphatic carbocycles. The minimum Gasteiger partial charge on any atom is -0.194 e. The van der Waals surface area contributed by atoms with E-state index in [0.717, 1.165) is 0 Å². The van der Waals surface area contributed by atoms with Crippen molar-refractivity contribution in [3.05, 3.63) is 41.8 Å². The van der Waals surface area contributed by atoms with Crippen LogP contribution in [0.2, 0.25) is 0 Å². The van der Waals surface area contributed by atoms with E-state index in [1.807, 2.05) is 0 Å². The molecule has 1 radical (unpaired) electrons. The molecule has 1 aromatic rings. The van der Waals surface area contributed by atoms with Crippen molar-refractivity contribution in [1.29, 1.82) is 0 Å². The average molecular weight is 455 g/mol. The summed E-state index contributed by atoms with van der Waals surface area (Å²) < 4.78 is 183. The van der Waals surface area contributed by atoms with Crippen LogP contribution in [0.4, 0.5) is 61.5 Å². The molecule has 29 heavy (non-hydrogen) atoms. The highest BCUT2D eigenvalue weighted by Crippen LogP contribution is 2.56. The fourth-order valence-corrected chi connectivity index (χ4v) is 2.32. The number of benzene rings is 1. The van der Waals surface area contributed by atoms with Gasteiger partial charge in [0, 0.05) is 11.1 Å². The molecule has 167 valence electrons. The highest BCUT2D eigenvalue weighted by Gasteiger charge is 2.76. The first kappa shape index (κ1) is 25.3. The highest BCUT2D eigenvalue weighted by atomic mass is 19.4. The summed E-state index contributed by atoms with van der Waals surface area (Å²) in [6.07, 6.45) is -15.9. The first-order valence-corrected chi connectivity index (χ1v) is 7.24. The van der Waals surface area contributed by atoms with Crippen molar-refractivity contribution in [3.63, 3.8) is 0 Å². The van der Waals surface area contributed by atoms with Crippen LogP contribution in [0.3, 0.4) is 0 Å². The highest BCUT2D eigenvalue weighted by molar-refractivity contribution is 5.43. The molecule has 0 fully saturated rings. The molecule has 1 rings (SSSR count). The zero-order valence-corrected chi connectivity index (χ0v) is 13.6. The molecule has 0 nitrogen and oxygen atoms in total. The van der Waals surface area contributed by atoms with E-state index in [2.05, 4.69) is 6.92 Å². The second-order valence-corrected chi connectivity index (χ2v) is 5.73. The zero-order valence-electron chi connectivity index (χ0n) is 13.6. The first-order chi connectivity index (χ1) is 12.7. The molecular weight excluding hydrogens is 446 g/mol. The predicted octanol–water partition coefficient (Wildman–Crippen LogP) is 7.03. The van der Waals surface area contributed by atoms with Gasteiger partial charge in [0.1, 0.15) is 0 Å². The summed E-state index contributed by atoms with van der Waals surface area (Å²) in [6, 6.07) is -0.454. The maximum absolute atomic E-state index is 14.0. The van der Waals surface area contributed by atoms with Gasteiger partial charge in [-0.15, -0.1) is 0 Å². The van der Waals surface area contributed by atoms with Crippen LogP contribution in [-0.4, -0.2) is 24.2 Å². The van der Waals surface area contributed by atoms with Crippen LogP contribution in [0.5, 0.6) is 0 Å². The molecule has 0 N–H and O–H groups in total. The van der Waals surface area contributed by atoms with Gasteiger partial charge in [0.15, 0.2) is 0 Å². The summed E-state index contributed by atoms with van der Waals surface area (Å²) in [4.78, 5) is 0. The van der Waals surface area contributed by atoms with Gasteiger partial charge in [0.05, 0.1) is 0 Å². The number of rotatable bonds is 6. The molecule has 0 saturated heterocycles. The van der Waals surface area contributed by atoms with E-state index in [0.29, 0.717) is 0 Å². The summed E-state index contributed by atoms with van der Waals surface area (Å²) >= 11 is 0. The van der Waals surface area contributed by atoms with Gasteiger partial charge in [-0.3, -0.25) is 0 Å². The topological polar surface area (TPSA) is 0 Å². The van der Waals surface area contributed by atoms with Gasteiger partial charge < -0.3 is 0 Å². The maximum Gasteiger partial charge on any atom is 0.460 e. The van der Waals surface area contributed by atoms with Crippen LogP contribution in [0, 0.1) is 6.92 Å². The lowest BCUT2D eigenvalue weighted by Crippen LogP contribution is -2.52. The van der Waals surface area contributed by atoms with E-state index < -0.39 is 65.6 Å². The first-order valence-electron chi connectivity index (χ1n) is 7.24. The third-order valence-corrected chi connectivity index (χ3v) is 3.78. The fourth-order valence-electron chi connectivity index (χ4n) is 2.32. The largest absolute Gasteiger partial charge is 0.460 e. The lowest BCUT2D eigenvalue weighted by atomic mass is 9.86. The van der Waals surface area contributed by atoms with E-state index in [4.69, 9.17) is 0 Å². The predicted molar refractivity (Wildman–Crippen MR) is 69.9 cm³/mol. The van der Waals surface area contributed by atoms with Crippen molar-refractivity contribution in [1.82, 2.24) is 0 Å². The van der Waals surface area contributed by atoms with Crippen molar-refractivity contribution in [3.8, 4) is 0 Å². The number of hydrogen-bond acceptors (Lipinski definition) is 0. The summed E-state index contributed by atoms with van der Waals surface area (Å²) in [5, 5.41) is 0. The Morgan fingerprint density at radius 2 is 0.897 bits per heavy atom. The molecule has 0 bridgehead atoms. The molecule has 0 amide bonds. The van der Waals surface area contributed by atoms with Gasteiger partial charge in [-0.05, 0) is 18.4 Å². The van der Waals surface area contributed by atoms with Gasteiger partial charge in [0.2, 0.25) is 0 Å². The molecule has 0 aromatic heterocycles. The van der Waals surface area contributed by atoms with Crippen molar-refractivity contribution < 1.29 is 61.5 Å². The number of halogens is 14. The van der Waals surface area contributed by atoms with Crippen molar-refractivity contribution >= 4 is 0 Å². The maximum atomic E-state index is 14.0. The van der Waals surface area contributed by atoms with Crippen molar-refractivity contribution in [2.45, 2.75) is 48.9 Å². The standard InChI is InChI=1S/C15H9F14/c1-2-4-7-8(10(16,17)12(20,21)14(24,25)26)5-3-6-9(7)11(18,19)13(22,23)15(27,28)29/h3,5-6H,1-2,4H2. The summed E-state index contributed by atoms with van der Waals surface area (Å²) in [5.41, 5.74) is -6.87.